The summed E-state index contributed by atoms with van der Waals surface area (Å²) in [6.45, 7) is -1.99. The number of fused-ring (bicyclic) bond motifs is 3. The Morgan fingerprint density at radius 2 is 1.88 bits per heavy atom. The summed E-state index contributed by atoms with van der Waals surface area (Å²) in [4.78, 5) is 11.3. The lowest BCUT2D eigenvalue weighted by Crippen LogP contribution is -2.47. The Labute approximate surface area is 135 Å². The van der Waals surface area contributed by atoms with E-state index in [1.54, 1.807) is 12.1 Å². The average molecular weight is 332 g/mol. The third-order valence-corrected chi connectivity index (χ3v) is 4.20. The van der Waals surface area contributed by atoms with Crippen LogP contribution in [0.4, 0.5) is 13.6 Å². The molecule has 124 valence electrons. The number of nitrogens with one attached hydrogen (secondary N) is 2. The number of rotatable bonds is 3. The van der Waals surface area contributed by atoms with Crippen LogP contribution in [0.1, 0.15) is 11.5 Å². The number of carbonyl (C=O) groups excluding carboxylic acids is 1. The van der Waals surface area contributed by atoms with Crippen LogP contribution >= 0.6 is 0 Å². The van der Waals surface area contributed by atoms with Crippen LogP contribution < -0.4 is 15.4 Å². The maximum atomic E-state index is 12.7. The Morgan fingerprint density at radius 3 is 2.62 bits per heavy atom. The van der Waals surface area contributed by atoms with Gasteiger partial charge in [0, 0.05) is 29.8 Å². The van der Waals surface area contributed by atoms with E-state index in [4.69, 9.17) is 4.42 Å². The van der Waals surface area contributed by atoms with E-state index >= 15 is 0 Å². The number of carbonyl (C=O) groups is 1. The van der Waals surface area contributed by atoms with Crippen LogP contribution in [0.2, 0.25) is 0 Å². The molecule has 0 spiro atoms. The molecule has 0 atom stereocenters. The predicted molar refractivity (Wildman–Crippen MR) is 84.5 cm³/mol. The molecule has 1 aliphatic heterocycles. The lowest BCUT2D eigenvalue weighted by molar-refractivity contribution is -0.0493. The first-order valence-electron chi connectivity index (χ1n) is 7.54. The van der Waals surface area contributed by atoms with E-state index in [-0.39, 0.29) is 17.7 Å². The Bertz CT molecular complexity index is 913. The number of ether oxygens (including phenoxy) is 1. The first-order valence-corrected chi connectivity index (χ1v) is 7.54. The number of halogens is 2. The Balaban J connectivity index is 1.92. The SMILES string of the molecule is O=C1NCC(c2ccc(OC(F)F)c3oc4ccccc4c23)CN1. The van der Waals surface area contributed by atoms with Crippen molar-refractivity contribution in [1.82, 2.24) is 10.6 Å². The normalized spacial score (nSPS) is 15.7. The minimum absolute atomic E-state index is 0.00630. The largest absolute Gasteiger partial charge is 0.452 e. The number of amides is 2. The Hall–Kier alpha value is -2.83. The van der Waals surface area contributed by atoms with Gasteiger partial charge in [-0.1, -0.05) is 24.3 Å². The van der Waals surface area contributed by atoms with E-state index in [0.717, 1.165) is 16.3 Å². The Kier molecular flexibility index (Phi) is 3.48. The van der Waals surface area contributed by atoms with Crippen LogP contribution in [0, 0.1) is 0 Å². The van der Waals surface area contributed by atoms with E-state index in [1.807, 2.05) is 18.2 Å². The molecule has 2 amide bonds. The van der Waals surface area contributed by atoms with Gasteiger partial charge in [-0.2, -0.15) is 8.78 Å². The quantitative estimate of drug-likeness (QED) is 0.770. The van der Waals surface area contributed by atoms with E-state index in [2.05, 4.69) is 15.4 Å². The number of urea groups is 1. The van der Waals surface area contributed by atoms with Gasteiger partial charge in [0.1, 0.15) is 5.58 Å². The molecule has 5 nitrogen and oxygen atoms in total. The van der Waals surface area contributed by atoms with Crippen LogP contribution in [0.3, 0.4) is 0 Å². The molecule has 1 saturated heterocycles. The molecular weight excluding hydrogens is 318 g/mol. The zero-order valence-corrected chi connectivity index (χ0v) is 12.5. The minimum atomic E-state index is -2.93. The van der Waals surface area contributed by atoms with Crippen molar-refractivity contribution in [3.8, 4) is 5.75 Å². The Morgan fingerprint density at radius 1 is 1.12 bits per heavy atom. The summed E-state index contributed by atoms with van der Waals surface area (Å²) >= 11 is 0. The number of hydrogen-bond acceptors (Lipinski definition) is 3. The highest BCUT2D eigenvalue weighted by molar-refractivity contribution is 6.09. The molecule has 2 aromatic carbocycles. The van der Waals surface area contributed by atoms with Gasteiger partial charge in [-0.15, -0.1) is 0 Å². The second-order valence-corrected chi connectivity index (χ2v) is 5.62. The molecule has 4 rings (SSSR count). The van der Waals surface area contributed by atoms with Gasteiger partial charge in [-0.05, 0) is 17.7 Å². The molecule has 0 radical (unpaired) electrons. The van der Waals surface area contributed by atoms with Gasteiger partial charge >= 0.3 is 12.6 Å². The molecule has 24 heavy (non-hydrogen) atoms. The predicted octanol–water partition coefficient (Wildman–Crippen LogP) is 3.58. The summed E-state index contributed by atoms with van der Waals surface area (Å²) in [5.41, 5.74) is 1.82. The zero-order chi connectivity index (χ0) is 16.7. The van der Waals surface area contributed by atoms with Crippen molar-refractivity contribution in [3.05, 3.63) is 42.0 Å². The van der Waals surface area contributed by atoms with Crippen LogP contribution in [0.15, 0.2) is 40.8 Å². The summed E-state index contributed by atoms with van der Waals surface area (Å²) in [5, 5.41) is 7.08. The van der Waals surface area contributed by atoms with Crippen LogP contribution in [-0.2, 0) is 0 Å². The maximum absolute atomic E-state index is 12.7. The molecular formula is C17H14F2N2O3. The molecule has 2 N–H and O–H groups in total. The number of benzene rings is 2. The van der Waals surface area contributed by atoms with Gasteiger partial charge in [0.25, 0.3) is 0 Å². The minimum Gasteiger partial charge on any atom is -0.452 e. The van der Waals surface area contributed by atoms with Crippen molar-refractivity contribution in [1.29, 1.82) is 0 Å². The van der Waals surface area contributed by atoms with Crippen LogP contribution in [0.25, 0.3) is 21.9 Å². The molecule has 1 aromatic heterocycles. The van der Waals surface area contributed by atoms with Crippen molar-refractivity contribution in [2.75, 3.05) is 13.1 Å². The van der Waals surface area contributed by atoms with Gasteiger partial charge in [-0.3, -0.25) is 0 Å². The second-order valence-electron chi connectivity index (χ2n) is 5.62. The molecule has 0 unspecified atom stereocenters. The van der Waals surface area contributed by atoms with Crippen molar-refractivity contribution in [3.63, 3.8) is 0 Å². The smallest absolute Gasteiger partial charge is 0.387 e. The lowest BCUT2D eigenvalue weighted by Gasteiger charge is -2.24. The lowest BCUT2D eigenvalue weighted by atomic mass is 9.93. The van der Waals surface area contributed by atoms with Crippen LogP contribution in [0.5, 0.6) is 5.75 Å². The van der Waals surface area contributed by atoms with Gasteiger partial charge < -0.3 is 19.8 Å². The number of hydrogen-bond donors (Lipinski definition) is 2. The molecule has 7 heteroatoms. The number of para-hydroxylation sites is 1. The summed E-state index contributed by atoms with van der Waals surface area (Å²) in [5.74, 6) is 0.0135. The molecule has 0 saturated carbocycles. The number of furan rings is 1. The first-order chi connectivity index (χ1) is 11.6. The van der Waals surface area contributed by atoms with E-state index in [1.165, 1.54) is 6.07 Å². The maximum Gasteiger partial charge on any atom is 0.387 e. The third kappa shape index (κ3) is 2.42. The topological polar surface area (TPSA) is 63.5 Å². The third-order valence-electron chi connectivity index (χ3n) is 4.20. The molecule has 3 aromatic rings. The fraction of sp³-hybridized carbons (Fsp3) is 0.235. The number of alkyl halides is 2. The fourth-order valence-corrected chi connectivity index (χ4v) is 3.15. The highest BCUT2D eigenvalue weighted by Gasteiger charge is 2.25. The first kappa shape index (κ1) is 14.7. The summed E-state index contributed by atoms with van der Waals surface area (Å²) in [6, 6.07) is 10.4. The fourth-order valence-electron chi connectivity index (χ4n) is 3.15. The van der Waals surface area contributed by atoms with Crippen molar-refractivity contribution < 1.29 is 22.7 Å². The monoisotopic (exact) mass is 332 g/mol. The average Bonchev–Trinajstić information content (AvgIpc) is 2.96. The summed E-state index contributed by atoms with van der Waals surface area (Å²) < 4.78 is 35.7. The van der Waals surface area contributed by atoms with E-state index < -0.39 is 6.61 Å². The van der Waals surface area contributed by atoms with E-state index in [0.29, 0.717) is 24.3 Å². The summed E-state index contributed by atoms with van der Waals surface area (Å²) in [6.07, 6.45) is 0. The van der Waals surface area contributed by atoms with Crippen molar-refractivity contribution in [2.45, 2.75) is 12.5 Å². The summed E-state index contributed by atoms with van der Waals surface area (Å²) in [7, 11) is 0. The van der Waals surface area contributed by atoms with Gasteiger partial charge in [0.2, 0.25) is 0 Å². The zero-order valence-electron chi connectivity index (χ0n) is 12.5. The van der Waals surface area contributed by atoms with Gasteiger partial charge in [0.15, 0.2) is 11.3 Å². The van der Waals surface area contributed by atoms with Gasteiger partial charge in [0.05, 0.1) is 0 Å². The molecule has 0 aliphatic carbocycles. The molecule has 2 heterocycles. The second kappa shape index (κ2) is 5.67. The molecule has 1 aliphatic rings. The molecule has 1 fully saturated rings. The standard InChI is InChI=1S/C17H14F2N2O3/c18-16(19)24-13-6-5-10(9-7-20-17(22)21-8-9)14-11-3-1-2-4-12(11)23-15(13)14/h1-6,9,16H,7-8H2,(H2,20,21,22). The molecule has 0 bridgehead atoms. The highest BCUT2D eigenvalue weighted by Crippen LogP contribution is 2.40. The van der Waals surface area contributed by atoms with Crippen molar-refractivity contribution in [2.24, 2.45) is 0 Å². The highest BCUT2D eigenvalue weighted by atomic mass is 19.3. The van der Waals surface area contributed by atoms with Crippen molar-refractivity contribution >= 4 is 28.0 Å². The van der Waals surface area contributed by atoms with E-state index in [9.17, 15) is 13.6 Å². The van der Waals surface area contributed by atoms with Crippen LogP contribution in [-0.4, -0.2) is 25.7 Å². The van der Waals surface area contributed by atoms with Gasteiger partial charge in [-0.25, -0.2) is 4.79 Å².